The SMILES string of the molecule is COc1cc2c(cc1C(=O)O)cc(CNC(=O)OC(C)(C)C)n2S(=O)(=O)c1ccc(C)cc1. The number of benzene rings is 2. The Morgan fingerprint density at radius 2 is 1.73 bits per heavy atom. The van der Waals surface area contributed by atoms with E-state index in [9.17, 15) is 23.1 Å². The van der Waals surface area contributed by atoms with Gasteiger partial charge in [-0.3, -0.25) is 0 Å². The molecular formula is C23H26N2O7S. The number of alkyl carbamates (subject to hydrolysis) is 1. The van der Waals surface area contributed by atoms with Crippen molar-refractivity contribution in [3.8, 4) is 5.75 Å². The second-order valence-electron chi connectivity index (χ2n) is 8.49. The van der Waals surface area contributed by atoms with E-state index in [-0.39, 0.29) is 34.0 Å². The van der Waals surface area contributed by atoms with E-state index in [2.05, 4.69) is 5.32 Å². The molecule has 10 heteroatoms. The van der Waals surface area contributed by atoms with Gasteiger partial charge >= 0.3 is 12.1 Å². The molecule has 1 heterocycles. The van der Waals surface area contributed by atoms with Crippen LogP contribution in [0.3, 0.4) is 0 Å². The van der Waals surface area contributed by atoms with E-state index in [4.69, 9.17) is 9.47 Å². The number of amides is 1. The third kappa shape index (κ3) is 5.11. The summed E-state index contributed by atoms with van der Waals surface area (Å²) >= 11 is 0. The summed E-state index contributed by atoms with van der Waals surface area (Å²) in [4.78, 5) is 23.9. The zero-order valence-corrected chi connectivity index (χ0v) is 19.8. The van der Waals surface area contributed by atoms with Crippen LogP contribution in [-0.4, -0.2) is 42.3 Å². The van der Waals surface area contributed by atoms with Crippen molar-refractivity contribution in [1.82, 2.24) is 9.29 Å². The maximum atomic E-state index is 13.6. The molecule has 0 atom stereocenters. The van der Waals surface area contributed by atoms with E-state index in [1.54, 1.807) is 32.9 Å². The number of methoxy groups -OCH3 is 1. The molecule has 9 nitrogen and oxygen atoms in total. The first-order valence-corrected chi connectivity index (χ1v) is 11.5. The van der Waals surface area contributed by atoms with Crippen molar-refractivity contribution in [2.45, 2.75) is 44.7 Å². The average Bonchev–Trinajstić information content (AvgIpc) is 3.08. The number of ether oxygens (including phenoxy) is 2. The molecular weight excluding hydrogens is 448 g/mol. The van der Waals surface area contributed by atoms with Crippen molar-refractivity contribution >= 4 is 33.0 Å². The predicted octanol–water partition coefficient (Wildman–Crippen LogP) is 3.92. The Labute approximate surface area is 192 Å². The molecule has 3 rings (SSSR count). The third-order valence-corrected chi connectivity index (χ3v) is 6.53. The minimum absolute atomic E-state index is 0.0140. The van der Waals surface area contributed by atoms with Gasteiger partial charge in [-0.1, -0.05) is 17.7 Å². The number of nitrogens with one attached hydrogen (secondary N) is 1. The predicted molar refractivity (Wildman–Crippen MR) is 122 cm³/mol. The molecule has 3 aromatic rings. The number of aryl methyl sites for hydroxylation is 1. The van der Waals surface area contributed by atoms with Gasteiger partial charge in [0.15, 0.2) is 0 Å². The van der Waals surface area contributed by atoms with Gasteiger partial charge in [-0.25, -0.2) is 22.0 Å². The average molecular weight is 475 g/mol. The van der Waals surface area contributed by atoms with Crippen molar-refractivity contribution in [2.24, 2.45) is 0 Å². The van der Waals surface area contributed by atoms with E-state index >= 15 is 0 Å². The van der Waals surface area contributed by atoms with Crippen LogP contribution < -0.4 is 10.1 Å². The molecule has 1 amide bonds. The van der Waals surface area contributed by atoms with Crippen LogP contribution in [0.25, 0.3) is 10.9 Å². The van der Waals surface area contributed by atoms with Gasteiger partial charge < -0.3 is 19.9 Å². The molecule has 0 bridgehead atoms. The lowest BCUT2D eigenvalue weighted by Crippen LogP contribution is -2.33. The summed E-state index contributed by atoms with van der Waals surface area (Å²) in [6, 6.07) is 10.6. The molecule has 176 valence electrons. The number of hydrogen-bond acceptors (Lipinski definition) is 6. The number of fused-ring (bicyclic) bond motifs is 1. The maximum Gasteiger partial charge on any atom is 0.407 e. The molecule has 0 aliphatic heterocycles. The maximum absolute atomic E-state index is 13.6. The first kappa shape index (κ1) is 24.1. The Morgan fingerprint density at radius 3 is 2.27 bits per heavy atom. The Morgan fingerprint density at radius 1 is 1.09 bits per heavy atom. The first-order valence-electron chi connectivity index (χ1n) is 10.1. The topological polar surface area (TPSA) is 124 Å². The molecule has 0 spiro atoms. The minimum Gasteiger partial charge on any atom is -0.496 e. The first-order chi connectivity index (χ1) is 15.3. The summed E-state index contributed by atoms with van der Waals surface area (Å²) in [6.07, 6.45) is -0.712. The summed E-state index contributed by atoms with van der Waals surface area (Å²) in [5.74, 6) is -1.20. The molecule has 0 saturated carbocycles. The fraction of sp³-hybridized carbons (Fsp3) is 0.304. The van der Waals surface area contributed by atoms with E-state index in [0.29, 0.717) is 5.39 Å². The molecule has 0 aliphatic rings. The number of aromatic carboxylic acids is 1. The van der Waals surface area contributed by atoms with Crippen LogP contribution in [0, 0.1) is 6.92 Å². The Kier molecular flexibility index (Phi) is 6.42. The normalized spacial score (nSPS) is 11.9. The van der Waals surface area contributed by atoms with Gasteiger partial charge in [-0.15, -0.1) is 0 Å². The highest BCUT2D eigenvalue weighted by Gasteiger charge is 2.26. The second-order valence-corrected chi connectivity index (χ2v) is 10.3. The summed E-state index contributed by atoms with van der Waals surface area (Å²) in [7, 11) is -2.78. The Bertz CT molecular complexity index is 1320. The van der Waals surface area contributed by atoms with Crippen LogP contribution >= 0.6 is 0 Å². The fourth-order valence-electron chi connectivity index (χ4n) is 3.31. The monoisotopic (exact) mass is 474 g/mol. The van der Waals surface area contributed by atoms with Gasteiger partial charge in [0.25, 0.3) is 10.0 Å². The van der Waals surface area contributed by atoms with Crippen molar-refractivity contribution in [3.05, 3.63) is 59.3 Å². The molecule has 1 aromatic heterocycles. The zero-order valence-electron chi connectivity index (χ0n) is 19.0. The Hall–Kier alpha value is -3.53. The highest BCUT2D eigenvalue weighted by molar-refractivity contribution is 7.90. The molecule has 0 saturated heterocycles. The summed E-state index contributed by atoms with van der Waals surface area (Å²) in [5.41, 5.74) is 0.501. The highest BCUT2D eigenvalue weighted by Crippen LogP contribution is 2.32. The number of carboxylic acids is 1. The lowest BCUT2D eigenvalue weighted by atomic mass is 10.1. The van der Waals surface area contributed by atoms with Crippen LogP contribution in [0.2, 0.25) is 0 Å². The van der Waals surface area contributed by atoms with Gasteiger partial charge in [-0.05, 0) is 52.0 Å². The number of nitrogens with zero attached hydrogens (tertiary/aromatic N) is 1. The molecule has 33 heavy (non-hydrogen) atoms. The molecule has 0 unspecified atom stereocenters. The number of carbonyl (C=O) groups is 2. The van der Waals surface area contributed by atoms with Crippen LogP contribution in [-0.2, 0) is 21.3 Å². The van der Waals surface area contributed by atoms with E-state index in [1.165, 1.54) is 37.4 Å². The van der Waals surface area contributed by atoms with Crippen molar-refractivity contribution in [2.75, 3.05) is 7.11 Å². The van der Waals surface area contributed by atoms with Gasteiger partial charge in [0.2, 0.25) is 0 Å². The number of hydrogen-bond donors (Lipinski definition) is 2. The van der Waals surface area contributed by atoms with Crippen LogP contribution in [0.4, 0.5) is 4.79 Å². The summed E-state index contributed by atoms with van der Waals surface area (Å²) in [6.45, 7) is 6.82. The molecule has 0 aliphatic carbocycles. The third-order valence-electron chi connectivity index (χ3n) is 4.75. The van der Waals surface area contributed by atoms with Crippen molar-refractivity contribution < 1.29 is 32.6 Å². The fourth-order valence-corrected chi connectivity index (χ4v) is 4.84. The van der Waals surface area contributed by atoms with E-state index in [1.807, 2.05) is 6.92 Å². The molecule has 0 fully saturated rings. The molecule has 2 N–H and O–H groups in total. The van der Waals surface area contributed by atoms with E-state index in [0.717, 1.165) is 9.54 Å². The van der Waals surface area contributed by atoms with Gasteiger partial charge in [0.1, 0.15) is 16.9 Å². The molecule has 2 aromatic carbocycles. The number of carbonyl (C=O) groups excluding carboxylic acids is 1. The van der Waals surface area contributed by atoms with Gasteiger partial charge in [0.05, 0.1) is 29.8 Å². The summed E-state index contributed by atoms with van der Waals surface area (Å²) in [5, 5.41) is 12.4. The van der Waals surface area contributed by atoms with E-state index < -0.39 is 27.7 Å². The summed E-state index contributed by atoms with van der Waals surface area (Å²) < 4.78 is 38.7. The van der Waals surface area contributed by atoms with Gasteiger partial charge in [-0.2, -0.15) is 0 Å². The number of carboxylic acid groups (broad SMARTS) is 1. The number of aromatic nitrogens is 1. The van der Waals surface area contributed by atoms with Gasteiger partial charge in [0, 0.05) is 11.5 Å². The Balaban J connectivity index is 2.18. The second kappa shape index (κ2) is 8.78. The lowest BCUT2D eigenvalue weighted by Gasteiger charge is -2.20. The largest absolute Gasteiger partial charge is 0.496 e. The minimum atomic E-state index is -4.09. The quantitative estimate of drug-likeness (QED) is 0.555. The zero-order chi connectivity index (χ0) is 24.6. The smallest absolute Gasteiger partial charge is 0.407 e. The van der Waals surface area contributed by atoms with Crippen LogP contribution in [0.1, 0.15) is 42.4 Å². The highest BCUT2D eigenvalue weighted by atomic mass is 32.2. The van der Waals surface area contributed by atoms with Crippen molar-refractivity contribution in [3.63, 3.8) is 0 Å². The standard InChI is InChI=1S/C23H26N2O7S/c1-14-6-8-17(9-7-14)33(29,30)25-16(13-24-22(28)32-23(2,3)4)10-15-11-18(21(26)27)20(31-5)12-19(15)25/h6-12H,13H2,1-5H3,(H,24,28)(H,26,27). The molecule has 0 radical (unpaired) electrons. The number of rotatable bonds is 6. The van der Waals surface area contributed by atoms with Crippen molar-refractivity contribution in [1.29, 1.82) is 0 Å². The van der Waals surface area contributed by atoms with Crippen LogP contribution in [0.15, 0.2) is 47.4 Å². The van der Waals surface area contributed by atoms with Crippen LogP contribution in [0.5, 0.6) is 5.75 Å². The lowest BCUT2D eigenvalue weighted by molar-refractivity contribution is 0.0522.